The van der Waals surface area contributed by atoms with Crippen LogP contribution in [-0.2, 0) is 6.42 Å². The van der Waals surface area contributed by atoms with Crippen LogP contribution in [0.3, 0.4) is 0 Å². The van der Waals surface area contributed by atoms with Gasteiger partial charge in [0.25, 0.3) is 0 Å². The third kappa shape index (κ3) is 1.59. The van der Waals surface area contributed by atoms with Gasteiger partial charge in [-0.05, 0) is 43.7 Å². The SMILES string of the molecule is Cc1cccnc1CC1CC1. The summed E-state index contributed by atoms with van der Waals surface area (Å²) in [6, 6.07) is 4.15. The van der Waals surface area contributed by atoms with E-state index in [1.54, 1.807) is 0 Å². The molecule has 1 aromatic heterocycles. The molecule has 0 N–H and O–H groups in total. The normalized spacial score (nSPS) is 16.8. The van der Waals surface area contributed by atoms with Crippen LogP contribution in [0.2, 0.25) is 0 Å². The largest absolute Gasteiger partial charge is 0.261 e. The third-order valence-corrected chi connectivity index (χ3v) is 2.30. The Bertz CT molecular complexity index is 251. The van der Waals surface area contributed by atoms with Crippen LogP contribution in [0.1, 0.15) is 24.1 Å². The third-order valence-electron chi connectivity index (χ3n) is 2.30. The molecule has 0 spiro atoms. The van der Waals surface area contributed by atoms with Crippen LogP contribution < -0.4 is 0 Å². The number of rotatable bonds is 2. The number of nitrogens with zero attached hydrogens (tertiary/aromatic N) is 1. The monoisotopic (exact) mass is 147 g/mol. The molecule has 1 heterocycles. The van der Waals surface area contributed by atoms with Crippen LogP contribution in [-0.4, -0.2) is 4.98 Å². The smallest absolute Gasteiger partial charge is 0.0435 e. The molecule has 0 aromatic carbocycles. The summed E-state index contributed by atoms with van der Waals surface area (Å²) in [5, 5.41) is 0. The standard InChI is InChI=1S/C10H13N/c1-8-3-2-6-11-10(8)7-9-4-5-9/h2-3,6,9H,4-5,7H2,1H3. The van der Waals surface area contributed by atoms with Gasteiger partial charge in [0.1, 0.15) is 0 Å². The van der Waals surface area contributed by atoms with Gasteiger partial charge in [-0.15, -0.1) is 0 Å². The number of hydrogen-bond acceptors (Lipinski definition) is 1. The number of hydrogen-bond donors (Lipinski definition) is 0. The van der Waals surface area contributed by atoms with Gasteiger partial charge in [0.2, 0.25) is 0 Å². The fraction of sp³-hybridized carbons (Fsp3) is 0.500. The molecule has 2 rings (SSSR count). The Hall–Kier alpha value is -0.850. The van der Waals surface area contributed by atoms with Crippen LogP contribution >= 0.6 is 0 Å². The molecule has 0 atom stereocenters. The van der Waals surface area contributed by atoms with Crippen LogP contribution in [0.25, 0.3) is 0 Å². The van der Waals surface area contributed by atoms with Crippen molar-refractivity contribution in [3.05, 3.63) is 29.6 Å². The van der Waals surface area contributed by atoms with E-state index in [9.17, 15) is 0 Å². The van der Waals surface area contributed by atoms with E-state index >= 15 is 0 Å². The van der Waals surface area contributed by atoms with Crippen molar-refractivity contribution >= 4 is 0 Å². The molecule has 1 aromatic rings. The van der Waals surface area contributed by atoms with Crippen molar-refractivity contribution in [2.75, 3.05) is 0 Å². The summed E-state index contributed by atoms with van der Waals surface area (Å²) in [6.45, 7) is 2.14. The molecule has 0 saturated heterocycles. The lowest BCUT2D eigenvalue weighted by atomic mass is 10.1. The predicted octanol–water partition coefficient (Wildman–Crippen LogP) is 2.34. The van der Waals surface area contributed by atoms with E-state index in [1.165, 1.54) is 30.5 Å². The molecule has 0 radical (unpaired) electrons. The lowest BCUT2D eigenvalue weighted by Crippen LogP contribution is -1.94. The molecule has 58 valence electrons. The first kappa shape index (κ1) is 6.84. The first-order valence-corrected chi connectivity index (χ1v) is 4.27. The van der Waals surface area contributed by atoms with Gasteiger partial charge in [-0.25, -0.2) is 0 Å². The average Bonchev–Trinajstić information content (AvgIpc) is 2.78. The topological polar surface area (TPSA) is 12.9 Å². The highest BCUT2D eigenvalue weighted by Crippen LogP contribution is 2.32. The Kier molecular flexibility index (Phi) is 1.65. The first-order chi connectivity index (χ1) is 5.36. The van der Waals surface area contributed by atoms with Gasteiger partial charge in [-0.3, -0.25) is 4.98 Å². The molecule has 1 nitrogen and oxygen atoms in total. The van der Waals surface area contributed by atoms with E-state index in [4.69, 9.17) is 0 Å². The molecule has 1 aliphatic rings. The minimum atomic E-state index is 0.948. The summed E-state index contributed by atoms with van der Waals surface area (Å²) in [4.78, 5) is 4.36. The molecular weight excluding hydrogens is 134 g/mol. The van der Waals surface area contributed by atoms with E-state index in [0.717, 1.165) is 5.92 Å². The maximum absolute atomic E-state index is 4.36. The van der Waals surface area contributed by atoms with E-state index in [0.29, 0.717) is 0 Å². The fourth-order valence-corrected chi connectivity index (χ4v) is 1.33. The van der Waals surface area contributed by atoms with Gasteiger partial charge in [0, 0.05) is 11.9 Å². The Morgan fingerprint density at radius 2 is 2.36 bits per heavy atom. The molecule has 1 aliphatic carbocycles. The van der Waals surface area contributed by atoms with Crippen molar-refractivity contribution in [1.29, 1.82) is 0 Å². The maximum atomic E-state index is 4.36. The van der Waals surface area contributed by atoms with Gasteiger partial charge in [-0.1, -0.05) is 6.07 Å². The molecule has 1 heteroatoms. The van der Waals surface area contributed by atoms with Gasteiger partial charge >= 0.3 is 0 Å². The van der Waals surface area contributed by atoms with Gasteiger partial charge in [0.05, 0.1) is 0 Å². The van der Waals surface area contributed by atoms with E-state index in [2.05, 4.69) is 18.0 Å². The molecule has 0 aliphatic heterocycles. The second-order valence-corrected chi connectivity index (χ2v) is 3.41. The van der Waals surface area contributed by atoms with Gasteiger partial charge in [0.15, 0.2) is 0 Å². The zero-order chi connectivity index (χ0) is 7.68. The Morgan fingerprint density at radius 1 is 1.55 bits per heavy atom. The van der Waals surface area contributed by atoms with Crippen molar-refractivity contribution < 1.29 is 0 Å². The summed E-state index contributed by atoms with van der Waals surface area (Å²) >= 11 is 0. The number of aromatic nitrogens is 1. The van der Waals surface area contributed by atoms with Crippen LogP contribution in [0, 0.1) is 12.8 Å². The van der Waals surface area contributed by atoms with E-state index in [-0.39, 0.29) is 0 Å². The Morgan fingerprint density at radius 3 is 3.00 bits per heavy atom. The van der Waals surface area contributed by atoms with E-state index < -0.39 is 0 Å². The van der Waals surface area contributed by atoms with Crippen molar-refractivity contribution in [3.8, 4) is 0 Å². The summed E-state index contributed by atoms with van der Waals surface area (Å²) in [5.41, 5.74) is 2.65. The zero-order valence-electron chi connectivity index (χ0n) is 6.88. The zero-order valence-corrected chi connectivity index (χ0v) is 6.88. The highest BCUT2D eigenvalue weighted by molar-refractivity contribution is 5.18. The lowest BCUT2D eigenvalue weighted by Gasteiger charge is -2.00. The minimum Gasteiger partial charge on any atom is -0.261 e. The highest BCUT2D eigenvalue weighted by atomic mass is 14.7. The average molecular weight is 147 g/mol. The van der Waals surface area contributed by atoms with Crippen LogP contribution in [0.15, 0.2) is 18.3 Å². The first-order valence-electron chi connectivity index (χ1n) is 4.27. The van der Waals surface area contributed by atoms with Crippen molar-refractivity contribution in [3.63, 3.8) is 0 Å². The molecule has 11 heavy (non-hydrogen) atoms. The second kappa shape index (κ2) is 2.65. The predicted molar refractivity (Wildman–Crippen MR) is 45.4 cm³/mol. The summed E-state index contributed by atoms with van der Waals surface area (Å²) in [5.74, 6) is 0.948. The summed E-state index contributed by atoms with van der Waals surface area (Å²) in [7, 11) is 0. The number of pyridine rings is 1. The van der Waals surface area contributed by atoms with Crippen molar-refractivity contribution in [1.82, 2.24) is 4.98 Å². The molecular formula is C10H13N. The molecule has 1 fully saturated rings. The van der Waals surface area contributed by atoms with Crippen molar-refractivity contribution in [2.24, 2.45) is 5.92 Å². The fourth-order valence-electron chi connectivity index (χ4n) is 1.33. The number of aryl methyl sites for hydroxylation is 1. The second-order valence-electron chi connectivity index (χ2n) is 3.41. The molecule has 0 bridgehead atoms. The lowest BCUT2D eigenvalue weighted by molar-refractivity contribution is 0.796. The van der Waals surface area contributed by atoms with Crippen LogP contribution in [0.5, 0.6) is 0 Å². The highest BCUT2D eigenvalue weighted by Gasteiger charge is 2.22. The Balaban J connectivity index is 2.15. The molecule has 0 unspecified atom stereocenters. The van der Waals surface area contributed by atoms with Gasteiger partial charge < -0.3 is 0 Å². The van der Waals surface area contributed by atoms with E-state index in [1.807, 2.05) is 12.3 Å². The quantitative estimate of drug-likeness (QED) is 0.625. The molecule has 1 saturated carbocycles. The van der Waals surface area contributed by atoms with Gasteiger partial charge in [-0.2, -0.15) is 0 Å². The summed E-state index contributed by atoms with van der Waals surface area (Å²) < 4.78 is 0. The maximum Gasteiger partial charge on any atom is 0.0435 e. The van der Waals surface area contributed by atoms with Crippen LogP contribution in [0.4, 0.5) is 0 Å². The van der Waals surface area contributed by atoms with Crippen molar-refractivity contribution in [2.45, 2.75) is 26.2 Å². The molecule has 0 amide bonds. The minimum absolute atomic E-state index is 0.948. The Labute approximate surface area is 67.5 Å². The summed E-state index contributed by atoms with van der Waals surface area (Å²) in [6.07, 6.45) is 5.92.